The topological polar surface area (TPSA) is 106 Å². The van der Waals surface area contributed by atoms with Crippen LogP contribution >= 0.6 is 11.3 Å². The van der Waals surface area contributed by atoms with Crippen molar-refractivity contribution in [1.82, 2.24) is 15.5 Å². The van der Waals surface area contributed by atoms with Crippen LogP contribution in [0.1, 0.15) is 17.4 Å². The fourth-order valence-electron chi connectivity index (χ4n) is 3.21. The number of hydrogen-bond acceptors (Lipinski definition) is 7. The summed E-state index contributed by atoms with van der Waals surface area (Å²) in [6.45, 7) is 1.41. The first-order valence-corrected chi connectivity index (χ1v) is 9.95. The van der Waals surface area contributed by atoms with E-state index in [1.54, 1.807) is 31.2 Å². The lowest BCUT2D eigenvalue weighted by atomic mass is 10.0. The summed E-state index contributed by atoms with van der Waals surface area (Å²) in [6.07, 6.45) is 0. The van der Waals surface area contributed by atoms with Crippen LogP contribution in [0.15, 0.2) is 29.6 Å². The number of urea groups is 1. The molecule has 3 rings (SSSR count). The van der Waals surface area contributed by atoms with E-state index >= 15 is 0 Å². The van der Waals surface area contributed by atoms with Crippen molar-refractivity contribution in [2.75, 3.05) is 27.9 Å². The van der Waals surface area contributed by atoms with E-state index in [9.17, 15) is 14.4 Å². The first kappa shape index (κ1) is 21.4. The minimum atomic E-state index is -1.16. The third-order valence-corrected chi connectivity index (χ3v) is 5.90. The van der Waals surface area contributed by atoms with Gasteiger partial charge in [0.1, 0.15) is 6.54 Å². The summed E-state index contributed by atoms with van der Waals surface area (Å²) < 4.78 is 15.9. The Morgan fingerprint density at radius 3 is 2.37 bits per heavy atom. The van der Waals surface area contributed by atoms with Crippen LogP contribution in [0, 0.1) is 0 Å². The second-order valence-electron chi connectivity index (χ2n) is 6.73. The van der Waals surface area contributed by atoms with E-state index in [2.05, 4.69) is 10.6 Å². The van der Waals surface area contributed by atoms with Crippen molar-refractivity contribution >= 4 is 29.2 Å². The van der Waals surface area contributed by atoms with E-state index in [1.807, 2.05) is 5.38 Å². The Morgan fingerprint density at radius 1 is 1.17 bits per heavy atom. The minimum Gasteiger partial charge on any atom is -0.493 e. The number of methoxy groups -OCH3 is 3. The van der Waals surface area contributed by atoms with Gasteiger partial charge >= 0.3 is 6.03 Å². The molecule has 1 saturated heterocycles. The Hall–Kier alpha value is -3.27. The fraction of sp³-hybridized carbons (Fsp3) is 0.350. The molecule has 4 amide bonds. The molecule has 1 aromatic heterocycles. The number of amides is 4. The molecule has 0 saturated carbocycles. The van der Waals surface area contributed by atoms with Crippen molar-refractivity contribution in [1.29, 1.82) is 0 Å². The molecule has 9 nitrogen and oxygen atoms in total. The van der Waals surface area contributed by atoms with Crippen LogP contribution in [-0.2, 0) is 21.7 Å². The number of nitrogens with zero attached hydrogens (tertiary/aromatic N) is 1. The van der Waals surface area contributed by atoms with Gasteiger partial charge in [-0.1, -0.05) is 6.07 Å². The standard InChI is InChI=1S/C20H23N3O6S/c1-20(15-6-5-7-30-15)18(25)23(19(26)22-20)11-16(24)21-10-12-8-13(27-2)17(29-4)14(9-12)28-3/h5-9H,10-11H2,1-4H3,(H,21,24)(H,22,26). The molecule has 0 aliphatic carbocycles. The Labute approximate surface area is 177 Å². The van der Waals surface area contributed by atoms with Gasteiger partial charge in [-0.3, -0.25) is 14.5 Å². The molecule has 1 fully saturated rings. The van der Waals surface area contributed by atoms with Crippen molar-refractivity contribution in [3.8, 4) is 17.2 Å². The molecule has 2 N–H and O–H groups in total. The molecule has 2 heterocycles. The van der Waals surface area contributed by atoms with Crippen LogP contribution in [-0.4, -0.2) is 50.6 Å². The van der Waals surface area contributed by atoms with Gasteiger partial charge in [-0.15, -0.1) is 11.3 Å². The molecular weight excluding hydrogens is 410 g/mol. The van der Waals surface area contributed by atoms with Gasteiger partial charge in [0, 0.05) is 11.4 Å². The molecule has 1 unspecified atom stereocenters. The predicted molar refractivity (Wildman–Crippen MR) is 110 cm³/mol. The summed E-state index contributed by atoms with van der Waals surface area (Å²) in [5, 5.41) is 7.21. The van der Waals surface area contributed by atoms with Gasteiger partial charge in [-0.05, 0) is 36.1 Å². The lowest BCUT2D eigenvalue weighted by Crippen LogP contribution is -2.42. The number of thiophene rings is 1. The van der Waals surface area contributed by atoms with Crippen molar-refractivity contribution in [3.05, 3.63) is 40.1 Å². The molecule has 1 aliphatic rings. The third kappa shape index (κ3) is 3.90. The maximum atomic E-state index is 12.8. The summed E-state index contributed by atoms with van der Waals surface area (Å²) in [6, 6.07) is 6.40. The summed E-state index contributed by atoms with van der Waals surface area (Å²) in [4.78, 5) is 39.2. The molecule has 0 radical (unpaired) electrons. The van der Waals surface area contributed by atoms with E-state index in [1.165, 1.54) is 32.7 Å². The van der Waals surface area contributed by atoms with Crippen LogP contribution < -0.4 is 24.8 Å². The van der Waals surface area contributed by atoms with E-state index < -0.39 is 23.4 Å². The number of ether oxygens (including phenoxy) is 3. The van der Waals surface area contributed by atoms with Crippen LogP contribution in [0.5, 0.6) is 17.2 Å². The lowest BCUT2D eigenvalue weighted by molar-refractivity contribution is -0.134. The number of imide groups is 1. The monoisotopic (exact) mass is 433 g/mol. The molecule has 1 atom stereocenters. The van der Waals surface area contributed by atoms with E-state index in [0.717, 1.165) is 4.90 Å². The molecule has 10 heteroatoms. The number of carbonyl (C=O) groups is 3. The number of carbonyl (C=O) groups excluding carboxylic acids is 3. The van der Waals surface area contributed by atoms with Crippen molar-refractivity contribution in [3.63, 3.8) is 0 Å². The summed E-state index contributed by atoms with van der Waals surface area (Å²) in [5.74, 6) is 0.437. The lowest BCUT2D eigenvalue weighted by Gasteiger charge is -2.20. The fourth-order valence-corrected chi connectivity index (χ4v) is 4.04. The summed E-state index contributed by atoms with van der Waals surface area (Å²) in [7, 11) is 4.51. The highest BCUT2D eigenvalue weighted by atomic mass is 32.1. The highest BCUT2D eigenvalue weighted by Crippen LogP contribution is 2.38. The van der Waals surface area contributed by atoms with Crippen LogP contribution in [0.4, 0.5) is 4.79 Å². The first-order valence-electron chi connectivity index (χ1n) is 9.07. The Morgan fingerprint density at radius 2 is 1.83 bits per heavy atom. The zero-order chi connectivity index (χ0) is 21.9. The van der Waals surface area contributed by atoms with E-state index in [0.29, 0.717) is 27.7 Å². The summed E-state index contributed by atoms with van der Waals surface area (Å²) in [5.41, 5.74) is -0.458. The Kier molecular flexibility index (Phi) is 6.16. The predicted octanol–water partition coefficient (Wildman–Crippen LogP) is 1.86. The molecule has 160 valence electrons. The van der Waals surface area contributed by atoms with Crippen molar-refractivity contribution < 1.29 is 28.6 Å². The van der Waals surface area contributed by atoms with E-state index in [4.69, 9.17) is 14.2 Å². The van der Waals surface area contributed by atoms with Gasteiger partial charge in [0.15, 0.2) is 17.0 Å². The largest absolute Gasteiger partial charge is 0.493 e. The van der Waals surface area contributed by atoms with E-state index in [-0.39, 0.29) is 13.1 Å². The molecule has 1 aliphatic heterocycles. The number of rotatable bonds is 8. The molecule has 0 bridgehead atoms. The highest BCUT2D eigenvalue weighted by Gasteiger charge is 2.50. The van der Waals surface area contributed by atoms with Crippen molar-refractivity contribution in [2.45, 2.75) is 19.0 Å². The zero-order valence-corrected chi connectivity index (χ0v) is 17.9. The number of hydrogen-bond donors (Lipinski definition) is 2. The molecule has 1 aromatic carbocycles. The normalized spacial score (nSPS) is 18.2. The smallest absolute Gasteiger partial charge is 0.325 e. The van der Waals surface area contributed by atoms with Gasteiger partial charge < -0.3 is 24.8 Å². The van der Waals surface area contributed by atoms with Gasteiger partial charge in [-0.25, -0.2) is 4.79 Å². The first-order chi connectivity index (χ1) is 14.3. The average Bonchev–Trinajstić information content (AvgIpc) is 3.36. The molecule has 2 aromatic rings. The average molecular weight is 433 g/mol. The number of nitrogens with one attached hydrogen (secondary N) is 2. The van der Waals surface area contributed by atoms with Crippen LogP contribution in [0.25, 0.3) is 0 Å². The molecule has 0 spiro atoms. The maximum absolute atomic E-state index is 12.8. The zero-order valence-electron chi connectivity index (χ0n) is 17.1. The van der Waals surface area contributed by atoms with Crippen molar-refractivity contribution in [2.24, 2.45) is 0 Å². The summed E-state index contributed by atoms with van der Waals surface area (Å²) >= 11 is 1.37. The molecular formula is C20H23N3O6S. The van der Waals surface area contributed by atoms with Gasteiger partial charge in [0.25, 0.3) is 5.91 Å². The minimum absolute atomic E-state index is 0.154. The molecule has 30 heavy (non-hydrogen) atoms. The number of benzene rings is 1. The second-order valence-corrected chi connectivity index (χ2v) is 7.68. The van der Waals surface area contributed by atoms with Gasteiger partial charge in [0.05, 0.1) is 21.3 Å². The third-order valence-electron chi connectivity index (χ3n) is 4.80. The van der Waals surface area contributed by atoms with Gasteiger partial charge in [-0.2, -0.15) is 0 Å². The van der Waals surface area contributed by atoms with Gasteiger partial charge in [0.2, 0.25) is 11.7 Å². The quantitative estimate of drug-likeness (QED) is 0.616. The SMILES string of the molecule is COc1cc(CNC(=O)CN2C(=O)NC(C)(c3cccs3)C2=O)cc(OC)c1OC. The van der Waals surface area contributed by atoms with Crippen LogP contribution in [0.2, 0.25) is 0 Å². The Bertz CT molecular complexity index is 936. The second kappa shape index (κ2) is 8.62. The highest BCUT2D eigenvalue weighted by molar-refractivity contribution is 7.10. The Balaban J connectivity index is 1.67. The van der Waals surface area contributed by atoms with Crippen LogP contribution in [0.3, 0.4) is 0 Å². The maximum Gasteiger partial charge on any atom is 0.325 e.